The predicted molar refractivity (Wildman–Crippen MR) is 103 cm³/mol. The third kappa shape index (κ3) is 4.70. The quantitative estimate of drug-likeness (QED) is 0.784. The van der Waals surface area contributed by atoms with Gasteiger partial charge in [0.1, 0.15) is 12.4 Å². The highest BCUT2D eigenvalue weighted by molar-refractivity contribution is 5.93. The minimum absolute atomic E-state index is 0.0465. The van der Waals surface area contributed by atoms with E-state index in [0.717, 1.165) is 36.2 Å². The molecule has 2 aromatic carbocycles. The highest BCUT2D eigenvalue weighted by Gasteiger charge is 2.34. The smallest absolute Gasteiger partial charge is 0.279 e. The first-order valence-electron chi connectivity index (χ1n) is 9.42. The van der Waals surface area contributed by atoms with E-state index >= 15 is 0 Å². The second kappa shape index (κ2) is 8.00. The third-order valence-corrected chi connectivity index (χ3v) is 5.08. The van der Waals surface area contributed by atoms with Crippen molar-refractivity contribution in [1.29, 1.82) is 0 Å². The topological polar surface area (TPSA) is 33.5 Å². The molecule has 0 heterocycles. The number of anilines is 1. The van der Waals surface area contributed by atoms with Gasteiger partial charge in [0.05, 0.1) is 6.04 Å². The molecular formula is C22H28FN2O+. The molecule has 2 aromatic rings. The van der Waals surface area contributed by atoms with Crippen molar-refractivity contribution >= 4 is 11.6 Å². The summed E-state index contributed by atoms with van der Waals surface area (Å²) >= 11 is 0. The number of hydrogen-bond donors (Lipinski definition) is 2. The fourth-order valence-corrected chi connectivity index (χ4v) is 3.44. The zero-order chi connectivity index (χ0) is 18.7. The summed E-state index contributed by atoms with van der Waals surface area (Å²) in [6, 6.07) is 13.3. The van der Waals surface area contributed by atoms with Gasteiger partial charge in [-0.1, -0.05) is 44.2 Å². The normalized spacial score (nSPS) is 15.1. The average Bonchev–Trinajstić information content (AvgIpc) is 3.43. The third-order valence-electron chi connectivity index (χ3n) is 5.08. The van der Waals surface area contributed by atoms with Crippen LogP contribution in [0.25, 0.3) is 0 Å². The standard InChI is InChI=1S/C22H27FN2O/c1-15(2)20-6-4-5-16(3)22(20)24-21(26)14-25(19-11-12-19)13-17-7-9-18(23)10-8-17/h4-10,15,19H,11-14H2,1-3H3,(H,24,26)/p+1. The molecule has 3 nitrogen and oxygen atoms in total. The molecule has 1 aliphatic carbocycles. The lowest BCUT2D eigenvalue weighted by atomic mass is 9.98. The van der Waals surface area contributed by atoms with E-state index in [1.165, 1.54) is 22.6 Å². The van der Waals surface area contributed by atoms with E-state index in [9.17, 15) is 9.18 Å². The Kier molecular flexibility index (Phi) is 5.72. The van der Waals surface area contributed by atoms with Crippen LogP contribution in [-0.2, 0) is 11.3 Å². The monoisotopic (exact) mass is 355 g/mol. The maximum absolute atomic E-state index is 13.1. The van der Waals surface area contributed by atoms with Gasteiger partial charge in [0.2, 0.25) is 0 Å². The van der Waals surface area contributed by atoms with Crippen molar-refractivity contribution in [3.05, 3.63) is 65.0 Å². The second-order valence-electron chi connectivity index (χ2n) is 7.65. The van der Waals surface area contributed by atoms with Gasteiger partial charge >= 0.3 is 0 Å². The van der Waals surface area contributed by atoms with Crippen molar-refractivity contribution in [2.75, 3.05) is 11.9 Å². The molecule has 0 aliphatic heterocycles. The molecule has 1 fully saturated rings. The van der Waals surface area contributed by atoms with Gasteiger partial charge in [0, 0.05) is 24.1 Å². The predicted octanol–water partition coefficient (Wildman–Crippen LogP) is 3.44. The molecule has 1 saturated carbocycles. The number of hydrogen-bond acceptors (Lipinski definition) is 1. The zero-order valence-corrected chi connectivity index (χ0v) is 15.8. The molecule has 1 aliphatic rings. The lowest BCUT2D eigenvalue weighted by Gasteiger charge is -2.21. The molecule has 138 valence electrons. The fourth-order valence-electron chi connectivity index (χ4n) is 3.44. The Morgan fingerprint density at radius 3 is 2.50 bits per heavy atom. The summed E-state index contributed by atoms with van der Waals surface area (Å²) in [6.07, 6.45) is 2.32. The number of rotatable bonds is 7. The second-order valence-corrected chi connectivity index (χ2v) is 7.65. The van der Waals surface area contributed by atoms with Gasteiger partial charge < -0.3 is 10.2 Å². The summed E-state index contributed by atoms with van der Waals surface area (Å²) in [5, 5.41) is 3.15. The molecule has 1 unspecified atom stereocenters. The summed E-state index contributed by atoms with van der Waals surface area (Å²) in [4.78, 5) is 14.0. The van der Waals surface area contributed by atoms with Gasteiger partial charge in [-0.25, -0.2) is 4.39 Å². The van der Waals surface area contributed by atoms with E-state index in [-0.39, 0.29) is 11.7 Å². The van der Waals surface area contributed by atoms with Crippen molar-refractivity contribution in [2.24, 2.45) is 0 Å². The molecule has 0 spiro atoms. The molecule has 0 radical (unpaired) electrons. The highest BCUT2D eigenvalue weighted by atomic mass is 19.1. The van der Waals surface area contributed by atoms with Gasteiger partial charge in [-0.15, -0.1) is 0 Å². The first-order valence-corrected chi connectivity index (χ1v) is 9.42. The lowest BCUT2D eigenvalue weighted by Crippen LogP contribution is -3.13. The first-order chi connectivity index (χ1) is 12.4. The molecule has 26 heavy (non-hydrogen) atoms. The van der Waals surface area contributed by atoms with Crippen molar-refractivity contribution in [2.45, 2.75) is 52.1 Å². The van der Waals surface area contributed by atoms with Gasteiger partial charge in [-0.05, 0) is 36.1 Å². The van der Waals surface area contributed by atoms with Crippen LogP contribution in [0, 0.1) is 12.7 Å². The van der Waals surface area contributed by atoms with Crippen LogP contribution >= 0.6 is 0 Å². The molecule has 0 saturated heterocycles. The maximum Gasteiger partial charge on any atom is 0.279 e. The van der Waals surface area contributed by atoms with E-state index in [1.807, 2.05) is 31.2 Å². The largest absolute Gasteiger partial charge is 0.321 e. The summed E-state index contributed by atoms with van der Waals surface area (Å²) in [7, 11) is 0. The molecule has 1 amide bonds. The van der Waals surface area contributed by atoms with Crippen LogP contribution in [0.15, 0.2) is 42.5 Å². The molecule has 2 N–H and O–H groups in total. The Hall–Kier alpha value is -2.20. The van der Waals surface area contributed by atoms with Crippen molar-refractivity contribution in [3.63, 3.8) is 0 Å². The average molecular weight is 355 g/mol. The van der Waals surface area contributed by atoms with Crippen LogP contribution in [0.3, 0.4) is 0 Å². The fraction of sp³-hybridized carbons (Fsp3) is 0.409. The maximum atomic E-state index is 13.1. The number of carbonyl (C=O) groups is 1. The first kappa shape index (κ1) is 18.6. The number of carbonyl (C=O) groups excluding carboxylic acids is 1. The van der Waals surface area contributed by atoms with Crippen LogP contribution in [0.2, 0.25) is 0 Å². The lowest BCUT2D eigenvalue weighted by molar-refractivity contribution is -0.916. The van der Waals surface area contributed by atoms with Gasteiger partial charge in [0.15, 0.2) is 6.54 Å². The number of halogens is 1. The number of quaternary nitrogens is 1. The molecule has 0 bridgehead atoms. The van der Waals surface area contributed by atoms with Crippen LogP contribution in [-0.4, -0.2) is 18.5 Å². The molecule has 4 heteroatoms. The van der Waals surface area contributed by atoms with Gasteiger partial charge in [-0.2, -0.15) is 0 Å². The number of amides is 1. The molecule has 0 aromatic heterocycles. The van der Waals surface area contributed by atoms with Crippen molar-refractivity contribution < 1.29 is 14.1 Å². The molecular weight excluding hydrogens is 327 g/mol. The van der Waals surface area contributed by atoms with Crippen LogP contribution in [0.5, 0.6) is 0 Å². The Morgan fingerprint density at radius 2 is 1.88 bits per heavy atom. The van der Waals surface area contributed by atoms with Crippen LogP contribution < -0.4 is 10.2 Å². The van der Waals surface area contributed by atoms with E-state index in [4.69, 9.17) is 0 Å². The van der Waals surface area contributed by atoms with Gasteiger partial charge in [-0.3, -0.25) is 4.79 Å². The van der Waals surface area contributed by atoms with E-state index in [1.54, 1.807) is 0 Å². The molecule has 1 atom stereocenters. The van der Waals surface area contributed by atoms with E-state index in [0.29, 0.717) is 18.5 Å². The van der Waals surface area contributed by atoms with Gasteiger partial charge in [0.25, 0.3) is 5.91 Å². The SMILES string of the molecule is Cc1cccc(C(C)C)c1NC(=O)C[NH+](Cc1ccc(F)cc1)C1CC1. The Morgan fingerprint density at radius 1 is 1.19 bits per heavy atom. The van der Waals surface area contributed by atoms with Crippen LogP contribution in [0.1, 0.15) is 49.3 Å². The summed E-state index contributed by atoms with van der Waals surface area (Å²) in [6.45, 7) is 7.50. The minimum Gasteiger partial charge on any atom is -0.321 e. The van der Waals surface area contributed by atoms with Crippen LogP contribution in [0.4, 0.5) is 10.1 Å². The Labute approximate surface area is 155 Å². The number of aryl methyl sites for hydroxylation is 1. The van der Waals surface area contributed by atoms with Crippen molar-refractivity contribution in [3.8, 4) is 0 Å². The summed E-state index contributed by atoms with van der Waals surface area (Å²) in [5.41, 5.74) is 4.28. The number of benzene rings is 2. The Bertz CT molecular complexity index is 766. The highest BCUT2D eigenvalue weighted by Crippen LogP contribution is 2.27. The number of para-hydroxylation sites is 1. The van der Waals surface area contributed by atoms with E-state index < -0.39 is 0 Å². The minimum atomic E-state index is -0.222. The summed E-state index contributed by atoms with van der Waals surface area (Å²) in [5.74, 6) is 0.182. The molecule has 3 rings (SSSR count). The summed E-state index contributed by atoms with van der Waals surface area (Å²) < 4.78 is 13.1. The number of nitrogens with one attached hydrogen (secondary N) is 2. The van der Waals surface area contributed by atoms with E-state index in [2.05, 4.69) is 25.2 Å². The Balaban J connectivity index is 1.69. The van der Waals surface area contributed by atoms with Crippen molar-refractivity contribution in [1.82, 2.24) is 0 Å². The zero-order valence-electron chi connectivity index (χ0n) is 15.8.